The molecule has 0 bridgehead atoms. The van der Waals surface area contributed by atoms with Crippen LogP contribution in [0, 0.1) is 11.8 Å². The summed E-state index contributed by atoms with van der Waals surface area (Å²) >= 11 is 0. The maximum atomic E-state index is 14.7. The molecule has 0 saturated carbocycles. The summed E-state index contributed by atoms with van der Waals surface area (Å²) in [6.45, 7) is 3.15. The minimum atomic E-state index is -1.30. The second-order valence-electron chi connectivity index (χ2n) is 12.0. The minimum Gasteiger partial charge on any atom is -0.497 e. The Bertz CT molecular complexity index is 1440. The molecule has 0 radical (unpaired) electrons. The third-order valence-corrected chi connectivity index (χ3v) is 9.70. The first-order valence-corrected chi connectivity index (χ1v) is 15.7. The van der Waals surface area contributed by atoms with Crippen molar-refractivity contribution >= 4 is 29.1 Å². The van der Waals surface area contributed by atoms with Crippen LogP contribution in [-0.4, -0.2) is 78.3 Å². The fourth-order valence-electron chi connectivity index (χ4n) is 7.58. The number of carbonyl (C=O) groups excluding carboxylic acids is 3. The van der Waals surface area contributed by atoms with Crippen molar-refractivity contribution < 1.29 is 29.0 Å². The van der Waals surface area contributed by atoms with E-state index in [2.05, 4.69) is 0 Å². The highest BCUT2D eigenvalue weighted by Gasteiger charge is 2.75. The number of benzene rings is 2. The first-order chi connectivity index (χ1) is 21.4. The minimum absolute atomic E-state index is 0.124. The molecule has 1 N–H and O–H groups in total. The van der Waals surface area contributed by atoms with E-state index in [0.29, 0.717) is 50.3 Å². The molecule has 1 unspecified atom stereocenters. The van der Waals surface area contributed by atoms with Crippen molar-refractivity contribution in [2.45, 2.75) is 56.3 Å². The van der Waals surface area contributed by atoms with E-state index in [4.69, 9.17) is 9.47 Å². The fourth-order valence-corrected chi connectivity index (χ4v) is 7.58. The van der Waals surface area contributed by atoms with Crippen LogP contribution in [0.15, 0.2) is 78.9 Å². The van der Waals surface area contributed by atoms with Gasteiger partial charge >= 0.3 is 0 Å². The summed E-state index contributed by atoms with van der Waals surface area (Å²) in [6, 6.07) is 15.9. The average Bonchev–Trinajstić information content (AvgIpc) is 3.33. The summed E-state index contributed by atoms with van der Waals surface area (Å²) in [5, 5.41) is 9.24. The van der Waals surface area contributed by atoms with Crippen molar-refractivity contribution in [1.82, 2.24) is 4.90 Å². The summed E-state index contributed by atoms with van der Waals surface area (Å²) < 4.78 is 12.4. The Morgan fingerprint density at radius 3 is 2.16 bits per heavy atom. The number of aliphatic hydroxyl groups is 1. The molecule has 1 spiro atoms. The highest BCUT2D eigenvalue weighted by Crippen LogP contribution is 2.58. The zero-order valence-corrected chi connectivity index (χ0v) is 25.4. The number of aliphatic hydroxyl groups excluding tert-OH is 1. The van der Waals surface area contributed by atoms with Crippen LogP contribution in [0.4, 0.5) is 11.4 Å². The van der Waals surface area contributed by atoms with Crippen LogP contribution in [0.1, 0.15) is 39.0 Å². The van der Waals surface area contributed by atoms with E-state index in [9.17, 15) is 19.5 Å². The Hall–Kier alpha value is -3.95. The van der Waals surface area contributed by atoms with Gasteiger partial charge in [0.1, 0.15) is 17.4 Å². The van der Waals surface area contributed by atoms with Crippen LogP contribution in [0.5, 0.6) is 5.75 Å². The van der Waals surface area contributed by atoms with Gasteiger partial charge in [-0.05, 0) is 55.7 Å². The maximum Gasteiger partial charge on any atom is 0.253 e. The van der Waals surface area contributed by atoms with E-state index in [1.165, 1.54) is 0 Å². The van der Waals surface area contributed by atoms with E-state index in [1.54, 1.807) is 21.8 Å². The lowest BCUT2D eigenvalue weighted by Crippen LogP contribution is -2.56. The zero-order valence-electron chi connectivity index (χ0n) is 25.4. The van der Waals surface area contributed by atoms with Gasteiger partial charge in [-0.1, -0.05) is 62.3 Å². The van der Waals surface area contributed by atoms with Crippen molar-refractivity contribution in [2.75, 3.05) is 43.2 Å². The number of rotatable bonds is 10. The molecule has 5 atom stereocenters. The number of likely N-dealkylation sites (tertiary alicyclic amines) is 1. The number of hydrogen-bond acceptors (Lipinski definition) is 6. The summed E-state index contributed by atoms with van der Waals surface area (Å²) in [5.41, 5.74) is -0.886. The summed E-state index contributed by atoms with van der Waals surface area (Å²) in [4.78, 5) is 49.0. The predicted octanol–water partition coefficient (Wildman–Crippen LogP) is 4.11. The number of unbranched alkanes of at least 4 members (excludes halogenated alkanes) is 3. The van der Waals surface area contributed by atoms with Gasteiger partial charge in [-0.25, -0.2) is 0 Å². The second kappa shape index (κ2) is 12.2. The highest BCUT2D eigenvalue weighted by atomic mass is 16.5. The van der Waals surface area contributed by atoms with E-state index in [0.717, 1.165) is 18.5 Å². The topological polar surface area (TPSA) is 99.6 Å². The lowest BCUT2D eigenvalue weighted by atomic mass is 9.73. The van der Waals surface area contributed by atoms with Crippen molar-refractivity contribution in [1.29, 1.82) is 0 Å². The number of amides is 3. The highest BCUT2D eigenvalue weighted by molar-refractivity contribution is 6.07. The van der Waals surface area contributed by atoms with Crippen LogP contribution >= 0.6 is 0 Å². The number of anilines is 2. The molecule has 9 nitrogen and oxygen atoms in total. The first-order valence-electron chi connectivity index (χ1n) is 15.7. The van der Waals surface area contributed by atoms with Crippen LogP contribution in [-0.2, 0) is 19.1 Å². The Morgan fingerprint density at radius 2 is 1.48 bits per heavy atom. The lowest BCUT2D eigenvalue weighted by Gasteiger charge is -2.38. The van der Waals surface area contributed by atoms with Gasteiger partial charge in [0.05, 0.1) is 24.5 Å². The molecule has 0 aliphatic carbocycles. The van der Waals surface area contributed by atoms with Gasteiger partial charge in [0, 0.05) is 37.6 Å². The maximum absolute atomic E-state index is 14.7. The molecule has 0 aromatic heterocycles. The standard InChI is InChI=1S/C35H41N3O6/c1-3-34-19-11-22-36(25-13-7-6-8-14-25)31(40)28(34)29-32(41)38(21-9-4-5-10-24-39)30-33(42)37(23-12-20-35(29,30)44-34)26-15-17-27(43-2)18-16-26/h6-8,11-20,28-30,39H,3-5,9-10,21-24H2,1-2H3/t28-,29-,30?,34+,35-/m0/s1. The number of fused-ring (bicyclic) bond motifs is 2. The predicted molar refractivity (Wildman–Crippen MR) is 167 cm³/mol. The molecule has 4 heterocycles. The SMILES string of the molecule is CC[C@@]12C=CCN(c3ccccc3)C(=O)[C@@H]1[C@H]1C(=O)N(CCCCCCO)C3C(=O)N(c4ccc(OC)cc4)CC=C[C@@]31O2. The lowest BCUT2D eigenvalue weighted by molar-refractivity contribution is -0.145. The van der Waals surface area contributed by atoms with Crippen LogP contribution in [0.25, 0.3) is 0 Å². The smallest absolute Gasteiger partial charge is 0.253 e. The Morgan fingerprint density at radius 1 is 0.818 bits per heavy atom. The van der Waals surface area contributed by atoms with Gasteiger partial charge in [0.25, 0.3) is 5.91 Å². The molecule has 3 amide bonds. The van der Waals surface area contributed by atoms with Crippen LogP contribution in [0.2, 0.25) is 0 Å². The molecule has 2 fully saturated rings. The van der Waals surface area contributed by atoms with Gasteiger partial charge in [-0.15, -0.1) is 0 Å². The molecular weight excluding hydrogens is 558 g/mol. The van der Waals surface area contributed by atoms with Gasteiger partial charge in [0.2, 0.25) is 11.8 Å². The van der Waals surface area contributed by atoms with Crippen molar-refractivity contribution in [2.24, 2.45) is 11.8 Å². The molecule has 2 aromatic rings. The molecule has 2 saturated heterocycles. The molecule has 232 valence electrons. The van der Waals surface area contributed by atoms with E-state index in [1.807, 2.05) is 85.8 Å². The Balaban J connectivity index is 1.43. The quantitative estimate of drug-likeness (QED) is 0.326. The van der Waals surface area contributed by atoms with Gasteiger partial charge in [-0.2, -0.15) is 0 Å². The van der Waals surface area contributed by atoms with Gasteiger partial charge in [0.15, 0.2) is 0 Å². The number of ether oxygens (including phenoxy) is 2. The third kappa shape index (κ3) is 4.82. The van der Waals surface area contributed by atoms with Gasteiger partial charge < -0.3 is 29.3 Å². The summed E-state index contributed by atoms with van der Waals surface area (Å²) in [7, 11) is 1.60. The average molecular weight is 600 g/mol. The Kier molecular flexibility index (Phi) is 8.35. The zero-order chi connectivity index (χ0) is 30.9. The molecule has 44 heavy (non-hydrogen) atoms. The first kappa shape index (κ1) is 30.1. The molecule has 4 aliphatic rings. The number of para-hydroxylation sites is 1. The summed E-state index contributed by atoms with van der Waals surface area (Å²) in [6.07, 6.45) is 11.2. The molecule has 9 heteroatoms. The number of methoxy groups -OCH3 is 1. The summed E-state index contributed by atoms with van der Waals surface area (Å²) in [5.74, 6) is -1.60. The molecule has 2 aromatic carbocycles. The third-order valence-electron chi connectivity index (χ3n) is 9.70. The van der Waals surface area contributed by atoms with E-state index >= 15 is 0 Å². The number of nitrogens with zero attached hydrogens (tertiary/aromatic N) is 3. The van der Waals surface area contributed by atoms with Crippen molar-refractivity contribution in [3.8, 4) is 5.75 Å². The fraction of sp³-hybridized carbons (Fsp3) is 0.457. The molecule has 6 rings (SSSR count). The number of carbonyl (C=O) groups is 3. The van der Waals surface area contributed by atoms with Gasteiger partial charge in [-0.3, -0.25) is 14.4 Å². The second-order valence-corrected chi connectivity index (χ2v) is 12.0. The van der Waals surface area contributed by atoms with E-state index < -0.39 is 29.1 Å². The van der Waals surface area contributed by atoms with Crippen LogP contribution in [0.3, 0.4) is 0 Å². The number of hydrogen-bond donors (Lipinski definition) is 1. The molecular formula is C35H41N3O6. The molecule has 4 aliphatic heterocycles. The van der Waals surface area contributed by atoms with Crippen LogP contribution < -0.4 is 14.5 Å². The van der Waals surface area contributed by atoms with Crippen molar-refractivity contribution in [3.05, 3.63) is 78.9 Å². The largest absolute Gasteiger partial charge is 0.497 e. The van der Waals surface area contributed by atoms with E-state index in [-0.39, 0.29) is 24.3 Å². The monoisotopic (exact) mass is 599 g/mol. The van der Waals surface area contributed by atoms with Crippen molar-refractivity contribution in [3.63, 3.8) is 0 Å². The Labute approximate surface area is 258 Å². The normalized spacial score (nSPS) is 29.4.